The van der Waals surface area contributed by atoms with Crippen molar-refractivity contribution < 1.29 is 50.0 Å². The first-order valence-electron chi connectivity index (χ1n) is 35.2. The van der Waals surface area contributed by atoms with Crippen LogP contribution < -0.4 is 5.32 Å². The van der Waals surface area contributed by atoms with Crippen LogP contribution in [0.25, 0.3) is 0 Å². The van der Waals surface area contributed by atoms with Crippen LogP contribution in [0, 0.1) is 0 Å². The van der Waals surface area contributed by atoms with Crippen LogP contribution in [0.5, 0.6) is 0 Å². The summed E-state index contributed by atoms with van der Waals surface area (Å²) in [5.74, 6) is -0.703. The molecule has 9 atom stereocenters. The highest BCUT2D eigenvalue weighted by molar-refractivity contribution is 5.80. The maximum Gasteiger partial charge on any atom is 0.249 e. The second kappa shape index (κ2) is 58.9. The van der Waals surface area contributed by atoms with Crippen molar-refractivity contribution in [2.75, 3.05) is 13.2 Å². The third-order valence-corrected chi connectivity index (χ3v) is 17.2. The summed E-state index contributed by atoms with van der Waals surface area (Å²) in [6.07, 6.45) is 62.7. The van der Waals surface area contributed by atoms with E-state index in [1.165, 1.54) is 263 Å². The fraction of sp³-hybridized carbons (Fsp3) is 0.929. The van der Waals surface area contributed by atoms with Gasteiger partial charge in [0.1, 0.15) is 36.6 Å². The zero-order valence-electron chi connectivity index (χ0n) is 53.0. The smallest absolute Gasteiger partial charge is 0.249 e. The predicted octanol–water partition coefficient (Wildman–Crippen LogP) is 16.8. The van der Waals surface area contributed by atoms with Gasteiger partial charge in [0.15, 0.2) is 6.29 Å². The van der Waals surface area contributed by atoms with Crippen molar-refractivity contribution >= 4 is 5.91 Å². The number of amides is 1. The van der Waals surface area contributed by atoms with Crippen molar-refractivity contribution in [1.29, 1.82) is 0 Å². The van der Waals surface area contributed by atoms with Crippen molar-refractivity contribution in [2.45, 2.75) is 403 Å². The van der Waals surface area contributed by atoms with E-state index in [2.05, 4.69) is 43.5 Å². The average Bonchev–Trinajstić information content (AvgIpc) is 3.51. The van der Waals surface area contributed by atoms with Crippen molar-refractivity contribution in [2.24, 2.45) is 0 Å². The number of ether oxygens (including phenoxy) is 2. The minimum Gasteiger partial charge on any atom is -0.394 e. The third-order valence-electron chi connectivity index (χ3n) is 17.2. The lowest BCUT2D eigenvalue weighted by atomic mass is 9.98. The Morgan fingerprint density at radius 1 is 0.420 bits per heavy atom. The molecule has 1 aliphatic heterocycles. The Labute approximate surface area is 499 Å². The molecular formula is C70H135NO10. The fourth-order valence-corrected chi connectivity index (χ4v) is 11.6. The first-order valence-corrected chi connectivity index (χ1v) is 35.2. The highest BCUT2D eigenvalue weighted by Gasteiger charge is 2.44. The normalized spacial score (nSPS) is 19.2. The Morgan fingerprint density at radius 3 is 1.06 bits per heavy atom. The number of aliphatic hydroxyl groups is 7. The van der Waals surface area contributed by atoms with E-state index in [9.17, 15) is 40.5 Å². The highest BCUT2D eigenvalue weighted by atomic mass is 16.7. The van der Waals surface area contributed by atoms with Crippen molar-refractivity contribution in [3.63, 3.8) is 0 Å². The summed E-state index contributed by atoms with van der Waals surface area (Å²) in [4.78, 5) is 13.2. The zero-order valence-corrected chi connectivity index (χ0v) is 53.0. The van der Waals surface area contributed by atoms with Gasteiger partial charge < -0.3 is 50.5 Å². The monoisotopic (exact) mass is 1150 g/mol. The summed E-state index contributed by atoms with van der Waals surface area (Å²) in [5, 5.41) is 76.5. The molecule has 1 heterocycles. The highest BCUT2D eigenvalue weighted by Crippen LogP contribution is 2.24. The minimum absolute atomic E-state index is 0.252. The largest absolute Gasteiger partial charge is 0.394 e. The van der Waals surface area contributed by atoms with E-state index in [0.29, 0.717) is 12.8 Å². The third kappa shape index (κ3) is 46.5. The molecule has 0 radical (unpaired) electrons. The molecule has 0 aliphatic carbocycles. The first-order chi connectivity index (χ1) is 39.7. The van der Waals surface area contributed by atoms with Crippen LogP contribution in [0.1, 0.15) is 348 Å². The van der Waals surface area contributed by atoms with Crippen LogP contribution in [0.3, 0.4) is 0 Å². The standard InChI is InChI=1S/C70H135NO10/c1-3-5-7-9-11-13-15-17-19-21-23-25-27-29-30-31-32-33-34-36-37-39-41-43-45-47-49-51-53-55-57-62(73)65(75)61(60-80-70-68(78)67(77)66(76)64(59-72)81-70)71-69(79)63(74)58-56-54-52-50-48-46-44-42-40-38-35-28-26-24-22-20-18-16-14-12-10-8-6-4-2/h35,38,49,51,61-68,70,72-78H,3-34,36-37,39-48,50,52-60H2,1-2H3,(H,71,79)/b38-35-,51-49+. The van der Waals surface area contributed by atoms with Crippen molar-refractivity contribution in [3.05, 3.63) is 24.3 Å². The topological polar surface area (TPSA) is 189 Å². The van der Waals surface area contributed by atoms with Gasteiger partial charge >= 0.3 is 0 Å². The summed E-state index contributed by atoms with van der Waals surface area (Å²) < 4.78 is 11.2. The number of aliphatic hydroxyl groups excluding tert-OH is 7. The van der Waals surface area contributed by atoms with E-state index in [0.717, 1.165) is 44.9 Å². The van der Waals surface area contributed by atoms with Gasteiger partial charge in [-0.15, -0.1) is 0 Å². The van der Waals surface area contributed by atoms with Gasteiger partial charge in [0.25, 0.3) is 0 Å². The van der Waals surface area contributed by atoms with E-state index in [-0.39, 0.29) is 12.8 Å². The van der Waals surface area contributed by atoms with Crippen LogP contribution in [-0.4, -0.2) is 110 Å². The quantitative estimate of drug-likeness (QED) is 0.0215. The lowest BCUT2D eigenvalue weighted by Gasteiger charge is -2.40. The first kappa shape index (κ1) is 77.6. The summed E-state index contributed by atoms with van der Waals surface area (Å²) in [7, 11) is 0. The molecule has 0 spiro atoms. The number of hydrogen-bond acceptors (Lipinski definition) is 10. The molecule has 9 unspecified atom stereocenters. The maximum absolute atomic E-state index is 13.2. The van der Waals surface area contributed by atoms with E-state index >= 15 is 0 Å². The van der Waals surface area contributed by atoms with Gasteiger partial charge in [-0.1, -0.05) is 308 Å². The molecule has 1 rings (SSSR count). The zero-order chi connectivity index (χ0) is 58.9. The van der Waals surface area contributed by atoms with Gasteiger partial charge in [0.2, 0.25) is 5.91 Å². The van der Waals surface area contributed by atoms with Gasteiger partial charge in [-0.2, -0.15) is 0 Å². The number of unbranched alkanes of at least 4 members (excludes halogenated alkanes) is 46. The molecule has 81 heavy (non-hydrogen) atoms. The van der Waals surface area contributed by atoms with Crippen LogP contribution in [-0.2, 0) is 14.3 Å². The number of hydrogen-bond donors (Lipinski definition) is 8. The van der Waals surface area contributed by atoms with Gasteiger partial charge in [-0.05, 0) is 64.2 Å². The Bertz CT molecular complexity index is 1370. The lowest BCUT2D eigenvalue weighted by molar-refractivity contribution is -0.303. The molecule has 11 heteroatoms. The summed E-state index contributed by atoms with van der Waals surface area (Å²) >= 11 is 0. The van der Waals surface area contributed by atoms with Crippen LogP contribution >= 0.6 is 0 Å². The number of carbonyl (C=O) groups excluding carboxylic acids is 1. The summed E-state index contributed by atoms with van der Waals surface area (Å²) in [6, 6.07) is -1.19. The minimum atomic E-state index is -1.67. The molecule has 0 saturated carbocycles. The summed E-state index contributed by atoms with van der Waals surface area (Å²) in [6.45, 7) is 3.50. The molecule has 0 aromatic carbocycles. The molecule has 11 nitrogen and oxygen atoms in total. The maximum atomic E-state index is 13.2. The number of allylic oxidation sites excluding steroid dienone is 4. The van der Waals surface area contributed by atoms with Crippen LogP contribution in [0.15, 0.2) is 24.3 Å². The van der Waals surface area contributed by atoms with E-state index in [1.54, 1.807) is 0 Å². The lowest BCUT2D eigenvalue weighted by Crippen LogP contribution is -2.60. The molecule has 1 fully saturated rings. The van der Waals surface area contributed by atoms with Gasteiger partial charge in [-0.3, -0.25) is 4.79 Å². The Balaban J connectivity index is 2.22. The molecule has 0 bridgehead atoms. The predicted molar refractivity (Wildman–Crippen MR) is 339 cm³/mol. The molecular weight excluding hydrogens is 1010 g/mol. The molecule has 0 aromatic rings. The van der Waals surface area contributed by atoms with Crippen LogP contribution in [0.2, 0.25) is 0 Å². The van der Waals surface area contributed by atoms with E-state index in [1.807, 2.05) is 0 Å². The second-order valence-electron chi connectivity index (χ2n) is 25.0. The molecule has 1 aliphatic rings. The molecule has 1 amide bonds. The van der Waals surface area contributed by atoms with Crippen molar-refractivity contribution in [3.8, 4) is 0 Å². The number of nitrogens with one attached hydrogen (secondary N) is 1. The number of rotatable bonds is 62. The Kier molecular flexibility index (Phi) is 56.5. The van der Waals surface area contributed by atoms with Gasteiger partial charge in [0, 0.05) is 0 Å². The SMILES string of the molecule is CCCCCCCCCCCCCC/C=C\CCCCCCCCCCC(O)C(=O)NC(COC1OC(CO)C(O)C(O)C1O)C(O)C(O)CCC/C=C/CCCCCCCCCCCCCCCCCCCCCCCCCCC. The Morgan fingerprint density at radius 2 is 0.728 bits per heavy atom. The molecule has 1 saturated heterocycles. The van der Waals surface area contributed by atoms with Gasteiger partial charge in [0.05, 0.1) is 25.4 Å². The van der Waals surface area contributed by atoms with E-state index < -0.39 is 74.2 Å². The Hall–Kier alpha value is -1.41. The van der Waals surface area contributed by atoms with Crippen molar-refractivity contribution in [1.82, 2.24) is 5.32 Å². The van der Waals surface area contributed by atoms with Crippen LogP contribution in [0.4, 0.5) is 0 Å². The van der Waals surface area contributed by atoms with Gasteiger partial charge in [-0.25, -0.2) is 0 Å². The van der Waals surface area contributed by atoms with E-state index in [4.69, 9.17) is 9.47 Å². The number of carbonyl (C=O) groups is 1. The molecule has 480 valence electrons. The molecule has 8 N–H and O–H groups in total. The second-order valence-corrected chi connectivity index (χ2v) is 25.0. The molecule has 0 aromatic heterocycles. The fourth-order valence-electron chi connectivity index (χ4n) is 11.6. The summed E-state index contributed by atoms with van der Waals surface area (Å²) in [5.41, 5.74) is 0. The average molecular weight is 1150 g/mol.